The van der Waals surface area contributed by atoms with E-state index in [0.717, 1.165) is 42.3 Å². The summed E-state index contributed by atoms with van der Waals surface area (Å²) >= 11 is 0. The SMILES string of the molecule is COc1ccc2c(c1)OC[C@]1(CO)CN(Cc3ccc(C#CCO)cc3)CC21. The van der Waals surface area contributed by atoms with Gasteiger partial charge in [-0.15, -0.1) is 0 Å². The largest absolute Gasteiger partial charge is 0.497 e. The average molecular weight is 379 g/mol. The maximum absolute atomic E-state index is 10.2. The van der Waals surface area contributed by atoms with E-state index >= 15 is 0 Å². The van der Waals surface area contributed by atoms with Crippen LogP contribution in [0, 0.1) is 17.3 Å². The molecule has 0 aromatic heterocycles. The fourth-order valence-electron chi connectivity index (χ4n) is 4.34. The third-order valence-electron chi connectivity index (χ3n) is 5.82. The molecule has 2 aliphatic rings. The van der Waals surface area contributed by atoms with Crippen LogP contribution < -0.4 is 9.47 Å². The van der Waals surface area contributed by atoms with Gasteiger partial charge in [0, 0.05) is 42.6 Å². The summed E-state index contributed by atoms with van der Waals surface area (Å²) in [6.45, 7) is 2.99. The summed E-state index contributed by atoms with van der Waals surface area (Å²) in [6.07, 6.45) is 0. The second kappa shape index (κ2) is 7.84. The van der Waals surface area contributed by atoms with Gasteiger partial charge in [0.15, 0.2) is 0 Å². The molecule has 0 bridgehead atoms. The minimum absolute atomic E-state index is 0.106. The Morgan fingerprint density at radius 3 is 2.75 bits per heavy atom. The highest BCUT2D eigenvalue weighted by Gasteiger charge is 2.50. The molecule has 0 spiro atoms. The molecule has 0 aliphatic carbocycles. The van der Waals surface area contributed by atoms with Crippen molar-refractivity contribution in [3.8, 4) is 23.3 Å². The first-order valence-corrected chi connectivity index (χ1v) is 9.50. The number of fused-ring (bicyclic) bond motifs is 3. The fourth-order valence-corrected chi connectivity index (χ4v) is 4.34. The van der Waals surface area contributed by atoms with Crippen molar-refractivity contribution in [2.24, 2.45) is 5.41 Å². The summed E-state index contributed by atoms with van der Waals surface area (Å²) < 4.78 is 11.3. The Labute approximate surface area is 165 Å². The van der Waals surface area contributed by atoms with Crippen LogP contribution in [0.4, 0.5) is 0 Å². The Morgan fingerprint density at radius 2 is 2.04 bits per heavy atom. The normalized spacial score (nSPS) is 23.2. The lowest BCUT2D eigenvalue weighted by Gasteiger charge is -2.38. The summed E-state index contributed by atoms with van der Waals surface area (Å²) in [5.41, 5.74) is 2.99. The summed E-state index contributed by atoms with van der Waals surface area (Å²) in [7, 11) is 1.65. The number of hydrogen-bond donors (Lipinski definition) is 2. The maximum Gasteiger partial charge on any atom is 0.126 e. The second-order valence-electron chi connectivity index (χ2n) is 7.59. The average Bonchev–Trinajstić information content (AvgIpc) is 3.11. The molecule has 4 rings (SSSR count). The van der Waals surface area contributed by atoms with Gasteiger partial charge in [-0.25, -0.2) is 0 Å². The number of likely N-dealkylation sites (tertiary alicyclic amines) is 1. The smallest absolute Gasteiger partial charge is 0.126 e. The lowest BCUT2D eigenvalue weighted by Crippen LogP contribution is -2.42. The number of benzene rings is 2. The fraction of sp³-hybridized carbons (Fsp3) is 0.391. The van der Waals surface area contributed by atoms with Crippen LogP contribution >= 0.6 is 0 Å². The maximum atomic E-state index is 10.2. The zero-order chi connectivity index (χ0) is 19.6. The first-order chi connectivity index (χ1) is 13.7. The van der Waals surface area contributed by atoms with Crippen LogP contribution in [0.1, 0.15) is 22.6 Å². The molecule has 2 aromatic carbocycles. The van der Waals surface area contributed by atoms with Crippen molar-refractivity contribution in [1.82, 2.24) is 4.90 Å². The van der Waals surface area contributed by atoms with Crippen LogP contribution in [0.15, 0.2) is 42.5 Å². The highest BCUT2D eigenvalue weighted by atomic mass is 16.5. The van der Waals surface area contributed by atoms with Gasteiger partial charge in [0.2, 0.25) is 0 Å². The second-order valence-corrected chi connectivity index (χ2v) is 7.59. The van der Waals surface area contributed by atoms with Crippen molar-refractivity contribution in [2.75, 3.05) is 40.0 Å². The molecule has 2 aromatic rings. The molecule has 2 N–H and O–H groups in total. The molecule has 1 fully saturated rings. The van der Waals surface area contributed by atoms with Crippen LogP contribution in [0.2, 0.25) is 0 Å². The van der Waals surface area contributed by atoms with E-state index in [1.807, 2.05) is 24.3 Å². The first-order valence-electron chi connectivity index (χ1n) is 9.50. The number of aliphatic hydroxyl groups is 2. The monoisotopic (exact) mass is 379 g/mol. The van der Waals surface area contributed by atoms with Gasteiger partial charge in [0.25, 0.3) is 0 Å². The molecule has 146 valence electrons. The topological polar surface area (TPSA) is 62.2 Å². The molecular formula is C23H25NO4. The van der Waals surface area contributed by atoms with E-state index in [-0.39, 0.29) is 24.5 Å². The summed E-state index contributed by atoms with van der Waals surface area (Å²) in [5.74, 6) is 7.47. The van der Waals surface area contributed by atoms with Crippen molar-refractivity contribution < 1.29 is 19.7 Å². The number of methoxy groups -OCH3 is 1. The van der Waals surface area contributed by atoms with Crippen LogP contribution in [-0.4, -0.2) is 55.1 Å². The molecule has 2 heterocycles. The lowest BCUT2D eigenvalue weighted by atomic mass is 9.74. The van der Waals surface area contributed by atoms with E-state index in [1.54, 1.807) is 7.11 Å². The van der Waals surface area contributed by atoms with E-state index in [0.29, 0.717) is 6.61 Å². The molecule has 0 amide bonds. The van der Waals surface area contributed by atoms with E-state index in [1.165, 1.54) is 5.56 Å². The van der Waals surface area contributed by atoms with Gasteiger partial charge in [-0.3, -0.25) is 4.90 Å². The van der Waals surface area contributed by atoms with Crippen molar-refractivity contribution in [3.63, 3.8) is 0 Å². The molecule has 5 heteroatoms. The zero-order valence-corrected chi connectivity index (χ0v) is 16.0. The summed E-state index contributed by atoms with van der Waals surface area (Å²) in [5, 5.41) is 19.0. The van der Waals surface area contributed by atoms with E-state index < -0.39 is 0 Å². The number of rotatable bonds is 4. The standard InChI is InChI=1S/C23H25NO4/c1-27-19-8-9-20-21-13-24(14-23(21,15-26)16-28-22(20)11-19)12-18-6-4-17(5-7-18)3-2-10-25/h4-9,11,21,25-26H,10,12-16H2,1H3/t21?,23-/m1/s1. The molecular weight excluding hydrogens is 354 g/mol. The quantitative estimate of drug-likeness (QED) is 0.796. The number of ether oxygens (including phenoxy) is 2. The molecule has 1 unspecified atom stereocenters. The lowest BCUT2D eigenvalue weighted by molar-refractivity contribution is 0.0456. The third-order valence-corrected chi connectivity index (χ3v) is 5.82. The van der Waals surface area contributed by atoms with Gasteiger partial charge in [-0.2, -0.15) is 0 Å². The molecule has 2 aliphatic heterocycles. The van der Waals surface area contributed by atoms with Crippen LogP contribution in [-0.2, 0) is 6.54 Å². The zero-order valence-electron chi connectivity index (χ0n) is 16.0. The Morgan fingerprint density at radius 1 is 1.21 bits per heavy atom. The summed E-state index contributed by atoms with van der Waals surface area (Å²) in [6, 6.07) is 14.1. The van der Waals surface area contributed by atoms with Gasteiger partial charge in [-0.05, 0) is 29.3 Å². The van der Waals surface area contributed by atoms with Gasteiger partial charge >= 0.3 is 0 Å². The van der Waals surface area contributed by atoms with Crippen LogP contribution in [0.25, 0.3) is 0 Å². The number of hydrogen-bond acceptors (Lipinski definition) is 5. The molecule has 5 nitrogen and oxygen atoms in total. The van der Waals surface area contributed by atoms with Crippen molar-refractivity contribution in [3.05, 3.63) is 59.2 Å². The van der Waals surface area contributed by atoms with Crippen LogP contribution in [0.5, 0.6) is 11.5 Å². The highest BCUT2D eigenvalue weighted by Crippen LogP contribution is 2.50. The predicted molar refractivity (Wildman–Crippen MR) is 106 cm³/mol. The van der Waals surface area contributed by atoms with E-state index in [2.05, 4.69) is 34.9 Å². The molecule has 28 heavy (non-hydrogen) atoms. The Balaban J connectivity index is 1.53. The third kappa shape index (κ3) is 3.47. The first kappa shape index (κ1) is 18.8. The molecule has 0 saturated carbocycles. The predicted octanol–water partition coefficient (Wildman–Crippen LogP) is 2.01. The minimum Gasteiger partial charge on any atom is -0.497 e. The van der Waals surface area contributed by atoms with Crippen LogP contribution in [0.3, 0.4) is 0 Å². The molecule has 0 radical (unpaired) electrons. The van der Waals surface area contributed by atoms with Gasteiger partial charge < -0.3 is 19.7 Å². The van der Waals surface area contributed by atoms with Crippen molar-refractivity contribution in [2.45, 2.75) is 12.5 Å². The van der Waals surface area contributed by atoms with Gasteiger partial charge in [0.05, 0.1) is 20.3 Å². The molecule has 1 saturated heterocycles. The number of aliphatic hydroxyl groups excluding tert-OH is 2. The van der Waals surface area contributed by atoms with Gasteiger partial charge in [0.1, 0.15) is 18.1 Å². The van der Waals surface area contributed by atoms with Crippen molar-refractivity contribution in [1.29, 1.82) is 0 Å². The van der Waals surface area contributed by atoms with E-state index in [9.17, 15) is 5.11 Å². The Bertz CT molecular complexity index is 899. The summed E-state index contributed by atoms with van der Waals surface area (Å²) in [4.78, 5) is 2.39. The van der Waals surface area contributed by atoms with Gasteiger partial charge in [-0.1, -0.05) is 30.0 Å². The Hall–Kier alpha value is -2.52. The number of nitrogens with zero attached hydrogens (tertiary/aromatic N) is 1. The minimum atomic E-state index is -0.270. The Kier molecular flexibility index (Phi) is 5.27. The van der Waals surface area contributed by atoms with Crippen molar-refractivity contribution >= 4 is 0 Å². The highest BCUT2D eigenvalue weighted by molar-refractivity contribution is 5.46. The molecule has 2 atom stereocenters. The van der Waals surface area contributed by atoms with E-state index in [4.69, 9.17) is 14.6 Å².